The summed E-state index contributed by atoms with van der Waals surface area (Å²) in [4.78, 5) is 3.85. The minimum absolute atomic E-state index is 0.355. The van der Waals surface area contributed by atoms with Crippen molar-refractivity contribution >= 4 is 15.9 Å². The molecule has 0 aromatic carbocycles. The molecule has 0 saturated heterocycles. The molecule has 0 amide bonds. The maximum Gasteiger partial charge on any atom is 0.153 e. The van der Waals surface area contributed by atoms with E-state index in [9.17, 15) is 4.39 Å². The van der Waals surface area contributed by atoms with E-state index in [-0.39, 0.29) is 5.82 Å². The van der Waals surface area contributed by atoms with Gasteiger partial charge in [-0.1, -0.05) is 21.1 Å². The molecule has 78 valence electrons. The monoisotopic (exact) mass is 270 g/mol. The lowest BCUT2D eigenvalue weighted by Crippen LogP contribution is -1.91. The van der Waals surface area contributed by atoms with E-state index in [0.29, 0.717) is 28.0 Å². The second kappa shape index (κ2) is 4.10. The number of pyridine rings is 1. The number of hydrogen-bond acceptors (Lipinski definition) is 3. The van der Waals surface area contributed by atoms with Gasteiger partial charge in [0.1, 0.15) is 11.5 Å². The second-order valence-corrected chi connectivity index (χ2v) is 3.63. The molecule has 0 unspecified atom stereocenters. The normalized spacial score (nSPS) is 10.6. The van der Waals surface area contributed by atoms with E-state index in [1.54, 1.807) is 25.3 Å². The molecule has 0 bridgehead atoms. The van der Waals surface area contributed by atoms with Crippen LogP contribution in [0.25, 0.3) is 11.3 Å². The third-order valence-corrected chi connectivity index (χ3v) is 2.58. The lowest BCUT2D eigenvalue weighted by molar-refractivity contribution is 0.397. The van der Waals surface area contributed by atoms with Crippen molar-refractivity contribution in [2.75, 3.05) is 0 Å². The molecule has 15 heavy (non-hydrogen) atoms. The molecule has 0 aliphatic rings. The number of aromatic nitrogens is 2. The lowest BCUT2D eigenvalue weighted by atomic mass is 10.1. The highest BCUT2D eigenvalue weighted by molar-refractivity contribution is 9.08. The Hall–Kier alpha value is -1.23. The van der Waals surface area contributed by atoms with Crippen molar-refractivity contribution in [1.82, 2.24) is 10.1 Å². The van der Waals surface area contributed by atoms with Gasteiger partial charge in [0.2, 0.25) is 0 Å². The van der Waals surface area contributed by atoms with Crippen molar-refractivity contribution < 1.29 is 8.91 Å². The highest BCUT2D eigenvalue weighted by atomic mass is 79.9. The molecule has 0 aliphatic carbocycles. The van der Waals surface area contributed by atoms with Crippen LogP contribution in [0.5, 0.6) is 0 Å². The van der Waals surface area contributed by atoms with Crippen LogP contribution in [0.1, 0.15) is 11.5 Å². The van der Waals surface area contributed by atoms with Crippen LogP contribution >= 0.6 is 15.9 Å². The summed E-state index contributed by atoms with van der Waals surface area (Å²) in [5.74, 6) is 0.311. The highest BCUT2D eigenvalue weighted by Crippen LogP contribution is 2.23. The third kappa shape index (κ3) is 1.92. The molecule has 0 spiro atoms. The van der Waals surface area contributed by atoms with Gasteiger partial charge >= 0.3 is 0 Å². The van der Waals surface area contributed by atoms with Crippen LogP contribution < -0.4 is 0 Å². The molecular weight excluding hydrogens is 263 g/mol. The van der Waals surface area contributed by atoms with Gasteiger partial charge in [-0.05, 0) is 13.0 Å². The first kappa shape index (κ1) is 10.3. The Morgan fingerprint density at radius 1 is 1.53 bits per heavy atom. The summed E-state index contributed by atoms with van der Waals surface area (Å²) < 4.78 is 18.6. The average molecular weight is 271 g/mol. The number of rotatable bonds is 2. The van der Waals surface area contributed by atoms with E-state index >= 15 is 0 Å². The minimum Gasteiger partial charge on any atom is -0.360 e. The van der Waals surface area contributed by atoms with Crippen molar-refractivity contribution in [3.05, 3.63) is 35.6 Å². The summed E-state index contributed by atoms with van der Waals surface area (Å²) >= 11 is 3.24. The lowest BCUT2D eigenvalue weighted by Gasteiger charge is -1.99. The molecule has 0 radical (unpaired) electrons. The van der Waals surface area contributed by atoms with Crippen LogP contribution in [0.4, 0.5) is 4.39 Å². The van der Waals surface area contributed by atoms with Crippen LogP contribution in [0.2, 0.25) is 0 Å². The van der Waals surface area contributed by atoms with Crippen LogP contribution in [-0.2, 0) is 5.33 Å². The average Bonchev–Trinajstić information content (AvgIpc) is 2.70. The largest absolute Gasteiger partial charge is 0.360 e. The molecular formula is C10H8BrFN2O. The van der Waals surface area contributed by atoms with Gasteiger partial charge in [0.15, 0.2) is 5.82 Å². The van der Waals surface area contributed by atoms with Crippen LogP contribution in [0.3, 0.4) is 0 Å². The predicted molar refractivity (Wildman–Crippen MR) is 57.1 cm³/mol. The van der Waals surface area contributed by atoms with Crippen molar-refractivity contribution in [2.24, 2.45) is 0 Å². The zero-order chi connectivity index (χ0) is 10.8. The Kier molecular flexibility index (Phi) is 2.81. The first-order chi connectivity index (χ1) is 7.22. The van der Waals surface area contributed by atoms with E-state index in [4.69, 9.17) is 4.52 Å². The van der Waals surface area contributed by atoms with E-state index in [0.717, 1.165) is 0 Å². The van der Waals surface area contributed by atoms with Crippen LogP contribution in [0, 0.1) is 12.7 Å². The van der Waals surface area contributed by atoms with Gasteiger partial charge in [0, 0.05) is 17.8 Å². The van der Waals surface area contributed by atoms with E-state index < -0.39 is 0 Å². The SMILES string of the molecule is Cc1nccc(-c2cc(CBr)on2)c1F. The zero-order valence-electron chi connectivity index (χ0n) is 8.00. The van der Waals surface area contributed by atoms with Crippen molar-refractivity contribution in [2.45, 2.75) is 12.3 Å². The Bertz CT molecular complexity index is 484. The van der Waals surface area contributed by atoms with Gasteiger partial charge in [0.05, 0.1) is 11.0 Å². The smallest absolute Gasteiger partial charge is 0.153 e. The summed E-state index contributed by atoms with van der Waals surface area (Å²) in [5, 5.41) is 4.35. The van der Waals surface area contributed by atoms with Gasteiger partial charge in [-0.15, -0.1) is 0 Å². The fourth-order valence-corrected chi connectivity index (χ4v) is 1.51. The Balaban J connectivity index is 2.49. The molecule has 5 heteroatoms. The molecule has 2 heterocycles. The van der Waals surface area contributed by atoms with Gasteiger partial charge in [-0.3, -0.25) is 4.98 Å². The molecule has 0 aliphatic heterocycles. The van der Waals surface area contributed by atoms with Crippen molar-refractivity contribution in [3.8, 4) is 11.3 Å². The van der Waals surface area contributed by atoms with E-state index in [2.05, 4.69) is 26.1 Å². The van der Waals surface area contributed by atoms with Crippen LogP contribution in [-0.4, -0.2) is 10.1 Å². The molecule has 0 fully saturated rings. The summed E-state index contributed by atoms with van der Waals surface area (Å²) in [6.07, 6.45) is 1.55. The fraction of sp³-hybridized carbons (Fsp3) is 0.200. The highest BCUT2D eigenvalue weighted by Gasteiger charge is 2.12. The summed E-state index contributed by atoms with van der Waals surface area (Å²) in [7, 11) is 0. The number of aryl methyl sites for hydroxylation is 1. The Labute approximate surface area is 94.4 Å². The number of nitrogens with zero attached hydrogens (tertiary/aromatic N) is 2. The van der Waals surface area contributed by atoms with E-state index in [1.807, 2.05) is 0 Å². The van der Waals surface area contributed by atoms with Gasteiger partial charge in [-0.25, -0.2) is 4.39 Å². The van der Waals surface area contributed by atoms with Gasteiger partial charge in [-0.2, -0.15) is 0 Å². The predicted octanol–water partition coefficient (Wildman–Crippen LogP) is 3.08. The molecule has 0 saturated carbocycles. The summed E-state index contributed by atoms with van der Waals surface area (Å²) in [5.41, 5.74) is 1.27. The first-order valence-electron chi connectivity index (χ1n) is 4.35. The van der Waals surface area contributed by atoms with E-state index in [1.165, 1.54) is 0 Å². The number of hydrogen-bond donors (Lipinski definition) is 0. The third-order valence-electron chi connectivity index (χ3n) is 2.03. The maximum absolute atomic E-state index is 13.6. The quantitative estimate of drug-likeness (QED) is 0.788. The molecule has 0 atom stereocenters. The first-order valence-corrected chi connectivity index (χ1v) is 5.47. The van der Waals surface area contributed by atoms with Gasteiger partial charge in [0.25, 0.3) is 0 Å². The Morgan fingerprint density at radius 2 is 2.33 bits per heavy atom. The summed E-state index contributed by atoms with van der Waals surface area (Å²) in [6, 6.07) is 3.28. The molecule has 2 rings (SSSR count). The molecule has 2 aromatic rings. The zero-order valence-corrected chi connectivity index (χ0v) is 9.58. The molecule has 3 nitrogen and oxygen atoms in total. The van der Waals surface area contributed by atoms with Crippen molar-refractivity contribution in [1.29, 1.82) is 0 Å². The summed E-state index contributed by atoms with van der Waals surface area (Å²) in [6.45, 7) is 1.62. The van der Waals surface area contributed by atoms with Gasteiger partial charge < -0.3 is 4.52 Å². The maximum atomic E-state index is 13.6. The fourth-order valence-electron chi connectivity index (χ4n) is 1.25. The minimum atomic E-state index is -0.355. The number of alkyl halides is 1. The van der Waals surface area contributed by atoms with Crippen LogP contribution in [0.15, 0.2) is 22.9 Å². The second-order valence-electron chi connectivity index (χ2n) is 3.07. The molecule has 2 aromatic heterocycles. The topological polar surface area (TPSA) is 38.9 Å². The number of halogens is 2. The Morgan fingerprint density at radius 3 is 3.00 bits per heavy atom. The van der Waals surface area contributed by atoms with Crippen molar-refractivity contribution in [3.63, 3.8) is 0 Å². The standard InChI is InChI=1S/C10H8BrFN2O/c1-6-10(12)8(2-3-13-6)9-4-7(5-11)15-14-9/h2-4H,5H2,1H3. The molecule has 0 N–H and O–H groups in total.